The van der Waals surface area contributed by atoms with Gasteiger partial charge in [0, 0.05) is 34.2 Å². The molecular weight excluding hydrogens is 600 g/mol. The molecule has 0 amide bonds. The number of aliphatic hydroxyl groups is 1. The average Bonchev–Trinajstić information content (AvgIpc) is 3.06. The van der Waals surface area contributed by atoms with Crippen molar-refractivity contribution in [2.45, 2.75) is 135 Å². The van der Waals surface area contributed by atoms with Crippen molar-refractivity contribution in [2.75, 3.05) is 81.9 Å². The van der Waals surface area contributed by atoms with Gasteiger partial charge in [0.1, 0.15) is 13.2 Å². The molecule has 0 heterocycles. The number of quaternary nitrogens is 1. The van der Waals surface area contributed by atoms with E-state index in [1.165, 1.54) is 64.2 Å². The number of ether oxygens (including phenoxy) is 4. The van der Waals surface area contributed by atoms with Gasteiger partial charge in [0.25, 0.3) is 0 Å². The van der Waals surface area contributed by atoms with Gasteiger partial charge in [0.15, 0.2) is 6.10 Å². The van der Waals surface area contributed by atoms with Crippen molar-refractivity contribution in [3.63, 3.8) is 0 Å². The Balaban J connectivity index is -0.000000657. The molecule has 0 saturated heterocycles. The molecule has 0 aliphatic carbocycles. The second-order valence-electron chi connectivity index (χ2n) is 12.7. The van der Waals surface area contributed by atoms with Crippen molar-refractivity contribution in [2.24, 2.45) is 11.5 Å². The summed E-state index contributed by atoms with van der Waals surface area (Å²) in [5, 5.41) is 12.5. The lowest BCUT2D eigenvalue weighted by atomic mass is 10.1. The third kappa shape index (κ3) is 51.4. The van der Waals surface area contributed by atoms with E-state index in [-0.39, 0.29) is 25.2 Å². The van der Waals surface area contributed by atoms with Crippen LogP contribution >= 0.6 is 0 Å². The predicted octanol–water partition coefficient (Wildman–Crippen LogP) is 6.02. The minimum atomic E-state index is -0.538. The van der Waals surface area contributed by atoms with Crippen molar-refractivity contribution in [1.29, 1.82) is 5.41 Å². The first-order valence-corrected chi connectivity index (χ1v) is 18.0. The van der Waals surface area contributed by atoms with Gasteiger partial charge in [-0.2, -0.15) is 0 Å². The minimum absolute atomic E-state index is 0.0609. The first-order chi connectivity index (χ1) is 22.7. The Morgan fingerprint density at radius 2 is 0.979 bits per heavy atom. The molecule has 11 heteroatoms. The van der Waals surface area contributed by atoms with Crippen LogP contribution in [0, 0.1) is 5.41 Å². The highest BCUT2D eigenvalue weighted by Gasteiger charge is 2.17. The number of hydrogen-bond donors (Lipinski definition) is 4. The number of carbonyl (C=O) groups excluding carboxylic acids is 2. The van der Waals surface area contributed by atoms with E-state index < -0.39 is 6.10 Å². The number of nitrogens with zero attached hydrogens (tertiary/aromatic N) is 1. The highest BCUT2D eigenvalue weighted by atomic mass is 16.6. The molecule has 0 aliphatic heterocycles. The Bertz CT molecular complexity index is 623. The summed E-state index contributed by atoms with van der Waals surface area (Å²) in [5.41, 5.74) is 11.0. The van der Waals surface area contributed by atoms with Gasteiger partial charge in [-0.05, 0) is 45.5 Å². The molecule has 6 N–H and O–H groups in total. The van der Waals surface area contributed by atoms with Crippen LogP contribution in [0.1, 0.15) is 128 Å². The molecule has 1 unspecified atom stereocenters. The Labute approximate surface area is 289 Å². The zero-order chi connectivity index (χ0) is 36.4. The Morgan fingerprint density at radius 1 is 0.617 bits per heavy atom. The lowest BCUT2D eigenvalue weighted by molar-refractivity contribution is -0.870. The number of rotatable bonds is 30. The fourth-order valence-electron chi connectivity index (χ4n) is 4.47. The average molecular weight is 680 g/mol. The quantitative estimate of drug-likeness (QED) is 0.0307. The van der Waals surface area contributed by atoms with Crippen molar-refractivity contribution >= 4 is 18.7 Å². The number of carbonyl (C=O) groups is 2. The maximum atomic E-state index is 12.1. The second-order valence-corrected chi connectivity index (χ2v) is 12.7. The highest BCUT2D eigenvalue weighted by Crippen LogP contribution is 2.13. The molecule has 1 atom stereocenters. The first-order valence-electron chi connectivity index (χ1n) is 18.0. The number of likely N-dealkylation sites (N-methyl/N-ethyl adjacent to an activating group) is 1. The second kappa shape index (κ2) is 44.4. The summed E-state index contributed by atoms with van der Waals surface area (Å²) in [6.07, 6.45) is 21.1. The normalized spacial score (nSPS) is 11.2. The molecule has 0 rings (SSSR count). The van der Waals surface area contributed by atoms with E-state index in [9.17, 15) is 9.59 Å². The lowest BCUT2D eigenvalue weighted by Crippen LogP contribution is -2.37. The largest absolute Gasteiger partial charge is 0.462 e. The summed E-state index contributed by atoms with van der Waals surface area (Å²) in [6.45, 7) is 6.31. The summed E-state index contributed by atoms with van der Waals surface area (Å²) in [6, 6.07) is 0. The van der Waals surface area contributed by atoms with Gasteiger partial charge in [-0.1, -0.05) is 89.9 Å². The summed E-state index contributed by atoms with van der Waals surface area (Å²) in [7, 11) is 10.7. The van der Waals surface area contributed by atoms with E-state index >= 15 is 0 Å². The van der Waals surface area contributed by atoms with Crippen LogP contribution in [0.25, 0.3) is 0 Å². The van der Waals surface area contributed by atoms with Gasteiger partial charge in [-0.25, -0.2) is 0 Å². The van der Waals surface area contributed by atoms with Crippen LogP contribution in [0.15, 0.2) is 0 Å². The van der Waals surface area contributed by atoms with Gasteiger partial charge >= 0.3 is 11.9 Å². The van der Waals surface area contributed by atoms with Crippen LogP contribution in [0.4, 0.5) is 0 Å². The van der Waals surface area contributed by atoms with Crippen LogP contribution in [-0.4, -0.2) is 116 Å². The number of hydrogen-bond acceptors (Lipinski definition) is 10. The smallest absolute Gasteiger partial charge is 0.306 e. The van der Waals surface area contributed by atoms with Crippen LogP contribution in [0.5, 0.6) is 0 Å². The molecule has 11 nitrogen and oxygen atoms in total. The number of methoxy groups -OCH3 is 2. The van der Waals surface area contributed by atoms with Crippen molar-refractivity contribution in [1.82, 2.24) is 0 Å². The lowest BCUT2D eigenvalue weighted by Gasteiger charge is -2.22. The molecule has 47 heavy (non-hydrogen) atoms. The van der Waals surface area contributed by atoms with Gasteiger partial charge in [0.05, 0.1) is 34.4 Å². The van der Waals surface area contributed by atoms with Crippen molar-refractivity contribution in [3.8, 4) is 0 Å². The number of esters is 2. The first kappa shape index (κ1) is 52.2. The van der Waals surface area contributed by atoms with Crippen LogP contribution in [-0.2, 0) is 28.5 Å². The molecule has 0 aromatic heterocycles. The molecule has 0 radical (unpaired) electrons. The van der Waals surface area contributed by atoms with E-state index in [4.69, 9.17) is 40.9 Å². The molecule has 0 saturated carbocycles. The maximum Gasteiger partial charge on any atom is 0.306 e. The zero-order valence-electron chi connectivity index (χ0n) is 31.7. The van der Waals surface area contributed by atoms with E-state index in [1.54, 1.807) is 14.2 Å². The number of nitrogens with one attached hydrogen (secondary N) is 1. The van der Waals surface area contributed by atoms with Gasteiger partial charge in [-0.15, -0.1) is 0 Å². The Morgan fingerprint density at radius 3 is 1.30 bits per heavy atom. The van der Waals surface area contributed by atoms with Crippen LogP contribution < -0.4 is 11.5 Å². The summed E-state index contributed by atoms with van der Waals surface area (Å²) in [5.74, 6) is -0.472. The predicted molar refractivity (Wildman–Crippen MR) is 196 cm³/mol. The fourth-order valence-corrected chi connectivity index (χ4v) is 4.47. The zero-order valence-corrected chi connectivity index (χ0v) is 31.7. The molecule has 0 aliphatic rings. The van der Waals surface area contributed by atoms with Crippen LogP contribution in [0.2, 0.25) is 0 Å². The summed E-state index contributed by atoms with van der Waals surface area (Å²) in [4.78, 5) is 24.2. The van der Waals surface area contributed by atoms with Gasteiger partial charge in [-0.3, -0.25) is 9.59 Å². The highest BCUT2D eigenvalue weighted by molar-refractivity contribution is 5.70. The van der Waals surface area contributed by atoms with Gasteiger partial charge < -0.3 is 45.4 Å². The molecule has 0 spiro atoms. The fraction of sp³-hybridized carbons (Fsp3) is 0.917. The summed E-state index contributed by atoms with van der Waals surface area (Å²) < 4.78 is 21.8. The topological polar surface area (TPSA) is 167 Å². The van der Waals surface area contributed by atoms with E-state index in [0.29, 0.717) is 12.8 Å². The molecule has 0 aromatic carbocycles. The third-order valence-electron chi connectivity index (χ3n) is 7.22. The van der Waals surface area contributed by atoms with E-state index in [2.05, 4.69) is 27.9 Å². The molecule has 0 bridgehead atoms. The molecular formula is C36H79N4O7+. The van der Waals surface area contributed by atoms with Crippen LogP contribution in [0.3, 0.4) is 0 Å². The molecule has 0 fully saturated rings. The Hall–Kier alpha value is -1.63. The number of nitrogens with two attached hydrogens (primary N) is 2. The number of aliphatic hydroxyl groups excluding tert-OH is 1. The monoisotopic (exact) mass is 680 g/mol. The van der Waals surface area contributed by atoms with Crippen molar-refractivity contribution in [3.05, 3.63) is 0 Å². The standard InChI is InChI=1S/C28H56N2O5.C6H16NO.CH3N.CH4O/c1-33-24-26(35-28(32)21-17-13-9-5-3-7-11-15-19-23-30)25-34-27(31)20-16-12-8-4-2-6-10-14-18-22-29;1-7(2,3)5-6-8-4;2*1-2/h26H,2-25,29-30H2,1H3;5-6H2,1-4H3;2H,1H2;2H,1H3/q;+1;;. The van der Waals surface area contributed by atoms with E-state index in [0.717, 1.165) is 89.2 Å². The number of unbranched alkanes of at least 4 members (excludes halogenated alkanes) is 16. The van der Waals surface area contributed by atoms with E-state index in [1.807, 2.05) is 0 Å². The maximum absolute atomic E-state index is 12.1. The Kier molecular flexibility index (Phi) is 49.3. The molecule has 0 aromatic rings. The molecule has 284 valence electrons. The third-order valence-corrected chi connectivity index (χ3v) is 7.22. The van der Waals surface area contributed by atoms with Gasteiger partial charge in [0.2, 0.25) is 0 Å². The minimum Gasteiger partial charge on any atom is -0.462 e. The SMILES string of the molecule is C=N.CO.COCC(COC(=O)CCCCCCCCCCCN)OC(=O)CCCCCCCCCCCN.COCC[N+](C)(C)C. The summed E-state index contributed by atoms with van der Waals surface area (Å²) >= 11 is 0. The van der Waals surface area contributed by atoms with Crippen molar-refractivity contribution < 1.29 is 38.1 Å².